The minimum absolute atomic E-state index is 0.536. The first-order valence-corrected chi connectivity index (χ1v) is 3.96. The van der Waals surface area contributed by atoms with Gasteiger partial charge in [0, 0.05) is 4.91 Å². The Labute approximate surface area is 79.0 Å². The molecule has 0 aromatic heterocycles. The molecular formula is C6H11N3O5. The van der Waals surface area contributed by atoms with Crippen LogP contribution < -0.4 is 0 Å². The molecule has 0 aromatic carbocycles. The van der Waals surface area contributed by atoms with E-state index in [4.69, 9.17) is 25.6 Å². The molecule has 1 aliphatic heterocycles. The van der Waals surface area contributed by atoms with Crippen LogP contribution in [0.4, 0.5) is 0 Å². The maximum Gasteiger partial charge on any atom is 0.183 e. The summed E-state index contributed by atoms with van der Waals surface area (Å²) in [5.41, 5.74) is 8.13. The highest BCUT2D eigenvalue weighted by Crippen LogP contribution is 2.23. The third kappa shape index (κ3) is 1.95. The second kappa shape index (κ2) is 4.56. The monoisotopic (exact) mass is 205 g/mol. The van der Waals surface area contributed by atoms with Crippen molar-refractivity contribution in [3.8, 4) is 0 Å². The van der Waals surface area contributed by atoms with Gasteiger partial charge in [-0.25, -0.2) is 0 Å². The number of hydrogen-bond donors (Lipinski definition) is 4. The van der Waals surface area contributed by atoms with Crippen molar-refractivity contribution in [3.05, 3.63) is 10.4 Å². The molecule has 1 aliphatic rings. The van der Waals surface area contributed by atoms with Gasteiger partial charge in [-0.3, -0.25) is 0 Å². The Morgan fingerprint density at radius 1 is 1.36 bits per heavy atom. The summed E-state index contributed by atoms with van der Waals surface area (Å²) in [6, 6.07) is -1.03. The average Bonchev–Trinajstić information content (AvgIpc) is 2.42. The van der Waals surface area contributed by atoms with Crippen LogP contribution in [0.25, 0.3) is 10.4 Å². The van der Waals surface area contributed by atoms with Crippen LogP contribution in [0.3, 0.4) is 0 Å². The highest BCUT2D eigenvalue weighted by atomic mass is 16.6. The van der Waals surface area contributed by atoms with E-state index in [1.807, 2.05) is 0 Å². The lowest BCUT2D eigenvalue weighted by Gasteiger charge is -2.18. The molecule has 1 fully saturated rings. The number of aliphatic hydroxyl groups is 4. The summed E-state index contributed by atoms with van der Waals surface area (Å²) in [4.78, 5) is 2.45. The number of hydrogen-bond acceptors (Lipinski definition) is 6. The molecule has 0 aliphatic carbocycles. The lowest BCUT2D eigenvalue weighted by Crippen LogP contribution is -2.39. The standard InChI is InChI=1S/C6H11N3O5/c7-9-8-2(1-10)5-3(11)4(12)6(13)14-5/h2-6,10-13H,1H2/t2-,3+,4-,5+,6?/m0/s1. The Bertz CT molecular complexity index is 244. The van der Waals surface area contributed by atoms with Crippen molar-refractivity contribution >= 4 is 0 Å². The summed E-state index contributed by atoms with van der Waals surface area (Å²) in [5, 5.41) is 39.4. The van der Waals surface area contributed by atoms with E-state index in [2.05, 4.69) is 10.0 Å². The Morgan fingerprint density at radius 2 is 2.00 bits per heavy atom. The van der Waals surface area contributed by atoms with E-state index in [-0.39, 0.29) is 0 Å². The number of aliphatic hydroxyl groups excluding tert-OH is 4. The summed E-state index contributed by atoms with van der Waals surface area (Å²) in [5.74, 6) is 0. The second-order valence-corrected chi connectivity index (χ2v) is 2.93. The van der Waals surface area contributed by atoms with Crippen LogP contribution in [-0.2, 0) is 4.74 Å². The lowest BCUT2D eigenvalue weighted by molar-refractivity contribution is -0.131. The molecule has 0 aromatic rings. The van der Waals surface area contributed by atoms with Gasteiger partial charge < -0.3 is 25.2 Å². The van der Waals surface area contributed by atoms with E-state index >= 15 is 0 Å². The number of nitrogens with zero attached hydrogens (tertiary/aromatic N) is 3. The number of ether oxygens (including phenoxy) is 1. The zero-order valence-electron chi connectivity index (χ0n) is 7.13. The number of rotatable bonds is 3. The van der Waals surface area contributed by atoms with Crippen molar-refractivity contribution in [1.82, 2.24) is 0 Å². The predicted octanol–water partition coefficient (Wildman–Crippen LogP) is -1.90. The summed E-state index contributed by atoms with van der Waals surface area (Å²) in [7, 11) is 0. The van der Waals surface area contributed by atoms with Gasteiger partial charge >= 0.3 is 0 Å². The van der Waals surface area contributed by atoms with Gasteiger partial charge in [0.05, 0.1) is 12.6 Å². The first kappa shape index (κ1) is 11.2. The first-order valence-electron chi connectivity index (χ1n) is 3.96. The van der Waals surface area contributed by atoms with Gasteiger partial charge in [0.2, 0.25) is 0 Å². The van der Waals surface area contributed by atoms with Gasteiger partial charge in [0.15, 0.2) is 6.29 Å². The highest BCUT2D eigenvalue weighted by molar-refractivity contribution is 4.93. The quantitative estimate of drug-likeness (QED) is 0.242. The van der Waals surface area contributed by atoms with Gasteiger partial charge in [-0.1, -0.05) is 5.11 Å². The maximum absolute atomic E-state index is 9.33. The van der Waals surface area contributed by atoms with Gasteiger partial charge in [-0.15, -0.1) is 0 Å². The van der Waals surface area contributed by atoms with Crippen molar-refractivity contribution in [2.45, 2.75) is 30.6 Å². The molecule has 0 radical (unpaired) electrons. The third-order valence-corrected chi connectivity index (χ3v) is 2.04. The summed E-state index contributed by atoms with van der Waals surface area (Å²) < 4.78 is 4.72. The zero-order chi connectivity index (χ0) is 10.7. The van der Waals surface area contributed by atoms with Gasteiger partial charge in [-0.2, -0.15) is 0 Å². The average molecular weight is 205 g/mol. The smallest absolute Gasteiger partial charge is 0.183 e. The molecule has 8 heteroatoms. The molecule has 0 spiro atoms. The SMILES string of the molecule is [N-]=[N+]=N[C@@H](CO)[C@H]1OC(O)[C@@H](O)[C@H]1O. The molecule has 1 saturated heterocycles. The molecule has 0 saturated carbocycles. The van der Waals surface area contributed by atoms with Crippen LogP contribution in [-0.4, -0.2) is 57.7 Å². The molecule has 80 valence electrons. The minimum Gasteiger partial charge on any atom is -0.396 e. The van der Waals surface area contributed by atoms with E-state index in [1.165, 1.54) is 0 Å². The van der Waals surface area contributed by atoms with E-state index < -0.39 is 37.3 Å². The lowest BCUT2D eigenvalue weighted by atomic mass is 10.1. The molecule has 8 nitrogen and oxygen atoms in total. The minimum atomic E-state index is -1.53. The Kier molecular flexibility index (Phi) is 3.64. The van der Waals surface area contributed by atoms with Crippen LogP contribution in [0.2, 0.25) is 0 Å². The van der Waals surface area contributed by atoms with Crippen molar-refractivity contribution < 1.29 is 25.2 Å². The van der Waals surface area contributed by atoms with Crippen LogP contribution >= 0.6 is 0 Å². The molecule has 0 bridgehead atoms. The number of azide groups is 1. The molecule has 1 rings (SSSR count). The second-order valence-electron chi connectivity index (χ2n) is 2.93. The highest BCUT2D eigenvalue weighted by Gasteiger charge is 2.45. The van der Waals surface area contributed by atoms with Crippen molar-refractivity contribution in [2.24, 2.45) is 5.11 Å². The van der Waals surface area contributed by atoms with Gasteiger partial charge in [0.25, 0.3) is 0 Å². The van der Waals surface area contributed by atoms with Crippen LogP contribution in [0.1, 0.15) is 0 Å². The van der Waals surface area contributed by atoms with Gasteiger partial charge in [0.1, 0.15) is 18.3 Å². The summed E-state index contributed by atoms with van der Waals surface area (Å²) in [6.45, 7) is -0.536. The topological polar surface area (TPSA) is 139 Å². The zero-order valence-corrected chi connectivity index (χ0v) is 7.13. The molecule has 0 amide bonds. The first-order chi connectivity index (χ1) is 6.61. The molecular weight excluding hydrogens is 194 g/mol. The van der Waals surface area contributed by atoms with E-state index in [1.54, 1.807) is 0 Å². The summed E-state index contributed by atoms with van der Waals surface area (Å²) >= 11 is 0. The van der Waals surface area contributed by atoms with Crippen molar-refractivity contribution in [3.63, 3.8) is 0 Å². The fraction of sp³-hybridized carbons (Fsp3) is 1.00. The molecule has 1 unspecified atom stereocenters. The third-order valence-electron chi connectivity index (χ3n) is 2.04. The van der Waals surface area contributed by atoms with Crippen molar-refractivity contribution in [1.29, 1.82) is 0 Å². The normalized spacial score (nSPS) is 39.1. The molecule has 5 atom stereocenters. The predicted molar refractivity (Wildman–Crippen MR) is 42.9 cm³/mol. The Balaban J connectivity index is 2.73. The fourth-order valence-electron chi connectivity index (χ4n) is 1.28. The molecule has 1 heterocycles. The van der Waals surface area contributed by atoms with E-state index in [9.17, 15) is 5.11 Å². The molecule has 4 N–H and O–H groups in total. The largest absolute Gasteiger partial charge is 0.396 e. The van der Waals surface area contributed by atoms with E-state index in [0.717, 1.165) is 0 Å². The van der Waals surface area contributed by atoms with Crippen LogP contribution in [0.15, 0.2) is 5.11 Å². The Hall–Kier alpha value is -0.890. The van der Waals surface area contributed by atoms with Crippen LogP contribution in [0.5, 0.6) is 0 Å². The van der Waals surface area contributed by atoms with Crippen LogP contribution in [0, 0.1) is 0 Å². The maximum atomic E-state index is 9.33. The fourth-order valence-corrected chi connectivity index (χ4v) is 1.28. The Morgan fingerprint density at radius 3 is 2.36 bits per heavy atom. The van der Waals surface area contributed by atoms with Crippen molar-refractivity contribution in [2.75, 3.05) is 6.61 Å². The molecule has 14 heavy (non-hydrogen) atoms. The van der Waals surface area contributed by atoms with E-state index in [0.29, 0.717) is 0 Å². The summed E-state index contributed by atoms with van der Waals surface area (Å²) in [6.07, 6.45) is -5.46. The van der Waals surface area contributed by atoms with Gasteiger partial charge in [-0.05, 0) is 5.53 Å².